The van der Waals surface area contributed by atoms with E-state index >= 15 is 0 Å². The molecule has 2 aromatic rings. The first-order chi connectivity index (χ1) is 11.0. The Morgan fingerprint density at radius 1 is 1.43 bits per heavy atom. The molecule has 0 unspecified atom stereocenters. The average Bonchev–Trinajstić information content (AvgIpc) is 2.95. The minimum absolute atomic E-state index is 0.0466. The lowest BCUT2D eigenvalue weighted by atomic mass is 10.2. The van der Waals surface area contributed by atoms with Crippen LogP contribution in [-0.2, 0) is 17.9 Å². The number of carbonyl (C=O) groups excluding carboxylic acids is 1. The summed E-state index contributed by atoms with van der Waals surface area (Å²) in [6, 6.07) is 6.67. The first-order valence-corrected chi connectivity index (χ1v) is 7.66. The number of carbonyl (C=O) groups is 1. The second-order valence-corrected chi connectivity index (χ2v) is 5.72. The number of amides is 1. The van der Waals surface area contributed by atoms with Gasteiger partial charge in [0.2, 0.25) is 5.91 Å². The number of hydrogen-bond acceptors (Lipinski definition) is 2. The van der Waals surface area contributed by atoms with Gasteiger partial charge in [-0.05, 0) is 6.07 Å². The maximum absolute atomic E-state index is 13.8. The summed E-state index contributed by atoms with van der Waals surface area (Å²) in [5, 5.41) is 0. The van der Waals surface area contributed by atoms with Crippen molar-refractivity contribution in [3.8, 4) is 0 Å². The molecule has 122 valence electrons. The SMILES string of the molecule is C=CCN(Cc1nccn1Cc1ccccc1F)C(=O)C(C)C. The maximum atomic E-state index is 13.8. The Balaban J connectivity index is 2.18. The van der Waals surface area contributed by atoms with Gasteiger partial charge in [0.25, 0.3) is 0 Å². The molecule has 0 aliphatic heterocycles. The number of nitrogens with zero attached hydrogens (tertiary/aromatic N) is 3. The van der Waals surface area contributed by atoms with E-state index in [1.54, 1.807) is 41.6 Å². The molecule has 2 rings (SSSR count). The van der Waals surface area contributed by atoms with Gasteiger partial charge in [-0.3, -0.25) is 4.79 Å². The topological polar surface area (TPSA) is 38.1 Å². The Morgan fingerprint density at radius 3 is 2.83 bits per heavy atom. The monoisotopic (exact) mass is 315 g/mol. The third-order valence-corrected chi connectivity index (χ3v) is 3.59. The van der Waals surface area contributed by atoms with Crippen LogP contribution in [0.1, 0.15) is 25.2 Å². The zero-order valence-corrected chi connectivity index (χ0v) is 13.6. The fourth-order valence-corrected chi connectivity index (χ4v) is 2.37. The average molecular weight is 315 g/mol. The van der Waals surface area contributed by atoms with Gasteiger partial charge in [-0.15, -0.1) is 6.58 Å². The Bertz CT molecular complexity index is 678. The highest BCUT2D eigenvalue weighted by Crippen LogP contribution is 2.12. The first kappa shape index (κ1) is 16.9. The van der Waals surface area contributed by atoms with Crippen LogP contribution in [0.3, 0.4) is 0 Å². The highest BCUT2D eigenvalue weighted by molar-refractivity contribution is 5.78. The summed E-state index contributed by atoms with van der Waals surface area (Å²) in [7, 11) is 0. The fraction of sp³-hybridized carbons (Fsp3) is 0.333. The van der Waals surface area contributed by atoms with Gasteiger partial charge in [-0.2, -0.15) is 0 Å². The lowest BCUT2D eigenvalue weighted by Crippen LogP contribution is -2.34. The van der Waals surface area contributed by atoms with Gasteiger partial charge >= 0.3 is 0 Å². The van der Waals surface area contributed by atoms with Crippen LogP contribution in [-0.4, -0.2) is 26.9 Å². The van der Waals surface area contributed by atoms with Gasteiger partial charge in [0, 0.05) is 30.4 Å². The summed E-state index contributed by atoms with van der Waals surface area (Å²) >= 11 is 0. The van der Waals surface area contributed by atoms with Gasteiger partial charge in [0.1, 0.15) is 11.6 Å². The largest absolute Gasteiger partial charge is 0.331 e. The van der Waals surface area contributed by atoms with E-state index in [1.807, 2.05) is 18.4 Å². The lowest BCUT2D eigenvalue weighted by molar-refractivity contribution is -0.134. The van der Waals surface area contributed by atoms with Crippen LogP contribution >= 0.6 is 0 Å². The molecule has 0 saturated carbocycles. The van der Waals surface area contributed by atoms with Crippen LogP contribution in [0.5, 0.6) is 0 Å². The fourth-order valence-electron chi connectivity index (χ4n) is 2.37. The second kappa shape index (κ2) is 7.72. The Morgan fingerprint density at radius 2 is 2.17 bits per heavy atom. The number of imidazole rings is 1. The molecule has 23 heavy (non-hydrogen) atoms. The van der Waals surface area contributed by atoms with Crippen molar-refractivity contribution >= 4 is 5.91 Å². The molecule has 5 heteroatoms. The Labute approximate surface area is 136 Å². The normalized spacial score (nSPS) is 10.8. The first-order valence-electron chi connectivity index (χ1n) is 7.66. The molecule has 0 bridgehead atoms. The Kier molecular flexibility index (Phi) is 5.68. The summed E-state index contributed by atoms with van der Waals surface area (Å²) in [5.41, 5.74) is 0.595. The van der Waals surface area contributed by atoms with E-state index in [4.69, 9.17) is 0 Å². The predicted octanol–water partition coefficient (Wildman–Crippen LogP) is 3.24. The van der Waals surface area contributed by atoms with Crippen LogP contribution in [0.25, 0.3) is 0 Å². The summed E-state index contributed by atoms with van der Waals surface area (Å²) < 4.78 is 15.7. The third kappa shape index (κ3) is 4.28. The van der Waals surface area contributed by atoms with Crippen molar-refractivity contribution < 1.29 is 9.18 Å². The molecule has 1 amide bonds. The summed E-state index contributed by atoms with van der Waals surface area (Å²) in [5.74, 6) is 0.438. The van der Waals surface area contributed by atoms with E-state index in [-0.39, 0.29) is 17.6 Å². The van der Waals surface area contributed by atoms with E-state index in [0.29, 0.717) is 25.2 Å². The molecule has 0 radical (unpaired) electrons. The van der Waals surface area contributed by atoms with Crippen LogP contribution in [0.2, 0.25) is 0 Å². The van der Waals surface area contributed by atoms with Crippen molar-refractivity contribution in [3.63, 3.8) is 0 Å². The van der Waals surface area contributed by atoms with E-state index in [0.717, 1.165) is 5.82 Å². The molecule has 1 aromatic carbocycles. The van der Waals surface area contributed by atoms with E-state index < -0.39 is 0 Å². The molecular weight excluding hydrogens is 293 g/mol. The molecule has 0 saturated heterocycles. The standard InChI is InChI=1S/C18H22FN3O/c1-4-10-22(18(23)14(2)3)13-17-20-9-11-21(17)12-15-7-5-6-8-16(15)19/h4-9,11,14H,1,10,12-13H2,2-3H3. The quantitative estimate of drug-likeness (QED) is 0.736. The third-order valence-electron chi connectivity index (χ3n) is 3.59. The minimum atomic E-state index is -0.242. The van der Waals surface area contributed by atoms with Gasteiger partial charge in [-0.1, -0.05) is 38.1 Å². The molecular formula is C18H22FN3O. The zero-order valence-electron chi connectivity index (χ0n) is 13.6. The number of halogens is 1. The number of aromatic nitrogens is 2. The molecule has 0 atom stereocenters. The zero-order chi connectivity index (χ0) is 16.8. The van der Waals surface area contributed by atoms with Crippen LogP contribution in [0.15, 0.2) is 49.3 Å². The van der Waals surface area contributed by atoms with Gasteiger partial charge in [0.15, 0.2) is 0 Å². The number of hydrogen-bond donors (Lipinski definition) is 0. The molecule has 1 aromatic heterocycles. The van der Waals surface area contributed by atoms with Crippen LogP contribution in [0.4, 0.5) is 4.39 Å². The molecule has 0 fully saturated rings. The van der Waals surface area contributed by atoms with Crippen molar-refractivity contribution in [3.05, 3.63) is 66.5 Å². The van der Waals surface area contributed by atoms with E-state index in [2.05, 4.69) is 11.6 Å². The van der Waals surface area contributed by atoms with Crippen molar-refractivity contribution in [1.29, 1.82) is 0 Å². The highest BCUT2D eigenvalue weighted by atomic mass is 19.1. The summed E-state index contributed by atoms with van der Waals surface area (Å²) in [6.07, 6.45) is 5.17. The van der Waals surface area contributed by atoms with Gasteiger partial charge in [-0.25, -0.2) is 9.37 Å². The van der Waals surface area contributed by atoms with Crippen LogP contribution in [0, 0.1) is 11.7 Å². The molecule has 0 aliphatic rings. The summed E-state index contributed by atoms with van der Waals surface area (Å²) in [6.45, 7) is 8.66. The predicted molar refractivity (Wildman–Crippen MR) is 88.2 cm³/mol. The van der Waals surface area contributed by atoms with Crippen molar-refractivity contribution in [2.45, 2.75) is 26.9 Å². The summed E-state index contributed by atoms with van der Waals surface area (Å²) in [4.78, 5) is 18.3. The van der Waals surface area contributed by atoms with Crippen LogP contribution < -0.4 is 0 Å². The number of benzene rings is 1. The van der Waals surface area contributed by atoms with Crippen molar-refractivity contribution in [2.75, 3.05) is 6.54 Å². The number of rotatable bonds is 7. The van der Waals surface area contributed by atoms with E-state index in [9.17, 15) is 9.18 Å². The van der Waals surface area contributed by atoms with E-state index in [1.165, 1.54) is 6.07 Å². The molecule has 0 N–H and O–H groups in total. The van der Waals surface area contributed by atoms with Gasteiger partial charge < -0.3 is 9.47 Å². The molecule has 4 nitrogen and oxygen atoms in total. The lowest BCUT2D eigenvalue weighted by Gasteiger charge is -2.23. The maximum Gasteiger partial charge on any atom is 0.225 e. The Hall–Kier alpha value is -2.43. The second-order valence-electron chi connectivity index (χ2n) is 5.72. The minimum Gasteiger partial charge on any atom is -0.331 e. The van der Waals surface area contributed by atoms with Crippen molar-refractivity contribution in [2.24, 2.45) is 5.92 Å². The molecule has 0 aliphatic carbocycles. The van der Waals surface area contributed by atoms with Gasteiger partial charge in [0.05, 0.1) is 13.1 Å². The smallest absolute Gasteiger partial charge is 0.225 e. The molecule has 0 spiro atoms. The highest BCUT2D eigenvalue weighted by Gasteiger charge is 2.18. The van der Waals surface area contributed by atoms with Crippen molar-refractivity contribution in [1.82, 2.24) is 14.5 Å². The molecule has 1 heterocycles.